The summed E-state index contributed by atoms with van der Waals surface area (Å²) in [5.41, 5.74) is 10.3. The highest BCUT2D eigenvalue weighted by Gasteiger charge is 2.08. The average Bonchev–Trinajstić information content (AvgIpc) is 2.28. The molecule has 0 rings (SSSR count). The van der Waals surface area contributed by atoms with Gasteiger partial charge in [-0.05, 0) is 0 Å². The number of ether oxygens (including phenoxy) is 2. The smallest absolute Gasteiger partial charge is 0.101 e. The molecular formula is C9H22N2O5. The molecule has 7 N–H and O–H groups in total. The first-order valence-electron chi connectivity index (χ1n) is 5.20. The van der Waals surface area contributed by atoms with E-state index >= 15 is 0 Å². The zero-order valence-corrected chi connectivity index (χ0v) is 9.29. The van der Waals surface area contributed by atoms with Gasteiger partial charge in [0.05, 0.1) is 38.6 Å². The Labute approximate surface area is 94.9 Å². The number of nitrogens with two attached hydrogens (primary N) is 2. The molecule has 2 atom stereocenters. The Bertz CT molecular complexity index is 145. The molecule has 0 aromatic heterocycles. The van der Waals surface area contributed by atoms with Crippen LogP contribution in [0.2, 0.25) is 0 Å². The maximum absolute atomic E-state index is 9.34. The van der Waals surface area contributed by atoms with Gasteiger partial charge in [0.1, 0.15) is 6.10 Å². The molecule has 7 nitrogen and oxygen atoms in total. The third-order valence-corrected chi connectivity index (χ3v) is 1.79. The van der Waals surface area contributed by atoms with Gasteiger partial charge in [-0.2, -0.15) is 0 Å². The Morgan fingerprint density at radius 2 is 1.00 bits per heavy atom. The summed E-state index contributed by atoms with van der Waals surface area (Å²) in [4.78, 5) is 0. The summed E-state index contributed by atoms with van der Waals surface area (Å²) >= 11 is 0. The van der Waals surface area contributed by atoms with E-state index in [0.717, 1.165) is 0 Å². The summed E-state index contributed by atoms with van der Waals surface area (Å²) in [7, 11) is 0. The van der Waals surface area contributed by atoms with Gasteiger partial charge in [-0.1, -0.05) is 0 Å². The molecule has 0 saturated carbocycles. The summed E-state index contributed by atoms with van der Waals surface area (Å²) < 4.78 is 9.97. The van der Waals surface area contributed by atoms with Crippen LogP contribution in [0.4, 0.5) is 0 Å². The molecule has 0 fully saturated rings. The van der Waals surface area contributed by atoms with Crippen LogP contribution in [-0.2, 0) is 9.47 Å². The zero-order chi connectivity index (χ0) is 12.4. The molecule has 2 unspecified atom stereocenters. The number of aliphatic hydroxyl groups excluding tert-OH is 3. The van der Waals surface area contributed by atoms with Crippen molar-refractivity contribution in [3.8, 4) is 0 Å². The average molecular weight is 238 g/mol. The molecule has 0 aliphatic carbocycles. The van der Waals surface area contributed by atoms with E-state index in [9.17, 15) is 5.11 Å². The Balaban J connectivity index is 3.34. The van der Waals surface area contributed by atoms with Gasteiger partial charge in [-0.25, -0.2) is 0 Å². The van der Waals surface area contributed by atoms with Crippen LogP contribution in [-0.4, -0.2) is 73.1 Å². The van der Waals surface area contributed by atoms with Crippen LogP contribution in [0.1, 0.15) is 0 Å². The SMILES string of the molecule is NCC(O)COCC(O)COCC(O)CN. The van der Waals surface area contributed by atoms with E-state index in [-0.39, 0.29) is 39.5 Å². The van der Waals surface area contributed by atoms with Crippen molar-refractivity contribution in [1.82, 2.24) is 0 Å². The molecule has 0 amide bonds. The number of hydrogen-bond acceptors (Lipinski definition) is 7. The Hall–Kier alpha value is -0.280. The first-order valence-corrected chi connectivity index (χ1v) is 5.20. The van der Waals surface area contributed by atoms with E-state index in [0.29, 0.717) is 0 Å². The van der Waals surface area contributed by atoms with E-state index in [1.165, 1.54) is 0 Å². The van der Waals surface area contributed by atoms with Crippen LogP contribution in [0.5, 0.6) is 0 Å². The minimum Gasteiger partial charge on any atom is -0.389 e. The van der Waals surface area contributed by atoms with E-state index in [1.807, 2.05) is 0 Å². The van der Waals surface area contributed by atoms with Crippen molar-refractivity contribution in [2.75, 3.05) is 39.5 Å². The van der Waals surface area contributed by atoms with Crippen molar-refractivity contribution in [3.05, 3.63) is 0 Å². The molecule has 98 valence electrons. The van der Waals surface area contributed by atoms with Crippen LogP contribution in [0.25, 0.3) is 0 Å². The number of rotatable bonds is 10. The van der Waals surface area contributed by atoms with Crippen molar-refractivity contribution >= 4 is 0 Å². The highest BCUT2D eigenvalue weighted by Crippen LogP contribution is 1.91. The van der Waals surface area contributed by atoms with Crippen LogP contribution < -0.4 is 11.5 Å². The minimum absolute atomic E-state index is 0.0514. The van der Waals surface area contributed by atoms with E-state index in [2.05, 4.69) is 0 Å². The second kappa shape index (κ2) is 9.91. The molecule has 16 heavy (non-hydrogen) atoms. The molecular weight excluding hydrogens is 216 g/mol. The second-order valence-corrected chi connectivity index (χ2v) is 3.51. The predicted octanol–water partition coefficient (Wildman–Crippen LogP) is -2.98. The van der Waals surface area contributed by atoms with E-state index in [4.69, 9.17) is 31.2 Å². The van der Waals surface area contributed by atoms with Crippen molar-refractivity contribution in [2.45, 2.75) is 18.3 Å². The maximum Gasteiger partial charge on any atom is 0.101 e. The molecule has 0 aliphatic rings. The van der Waals surface area contributed by atoms with Crippen LogP contribution in [0.15, 0.2) is 0 Å². The molecule has 0 radical (unpaired) electrons. The lowest BCUT2D eigenvalue weighted by atomic mass is 10.3. The highest BCUT2D eigenvalue weighted by atomic mass is 16.5. The molecule has 7 heteroatoms. The summed E-state index contributed by atoms with van der Waals surface area (Å²) in [5, 5.41) is 27.4. The molecule has 0 heterocycles. The second-order valence-electron chi connectivity index (χ2n) is 3.51. The summed E-state index contributed by atoms with van der Waals surface area (Å²) in [6, 6.07) is 0. The normalized spacial score (nSPS) is 17.1. The monoisotopic (exact) mass is 238 g/mol. The van der Waals surface area contributed by atoms with Crippen LogP contribution in [0.3, 0.4) is 0 Å². The summed E-state index contributed by atoms with van der Waals surface area (Å²) in [6.45, 7) is 0.508. The van der Waals surface area contributed by atoms with Gasteiger partial charge < -0.3 is 36.3 Å². The Kier molecular flexibility index (Phi) is 9.74. The van der Waals surface area contributed by atoms with Gasteiger partial charge in [0.15, 0.2) is 0 Å². The van der Waals surface area contributed by atoms with Gasteiger partial charge in [0.25, 0.3) is 0 Å². The zero-order valence-electron chi connectivity index (χ0n) is 9.29. The lowest BCUT2D eigenvalue weighted by Gasteiger charge is -2.14. The fourth-order valence-electron chi connectivity index (χ4n) is 0.864. The van der Waals surface area contributed by atoms with Crippen molar-refractivity contribution < 1.29 is 24.8 Å². The topological polar surface area (TPSA) is 131 Å². The molecule has 0 aliphatic heterocycles. The molecule has 0 saturated heterocycles. The van der Waals surface area contributed by atoms with Gasteiger partial charge in [0.2, 0.25) is 0 Å². The Morgan fingerprint density at radius 3 is 1.31 bits per heavy atom. The standard InChI is InChI=1S/C9H22N2O5/c10-1-7(12)3-15-5-9(14)6-16-4-8(13)2-11/h7-9,12-14H,1-6,10-11H2. The van der Waals surface area contributed by atoms with E-state index < -0.39 is 18.3 Å². The van der Waals surface area contributed by atoms with Crippen molar-refractivity contribution in [3.63, 3.8) is 0 Å². The minimum atomic E-state index is -0.796. The fraction of sp³-hybridized carbons (Fsp3) is 1.00. The van der Waals surface area contributed by atoms with Crippen molar-refractivity contribution in [2.24, 2.45) is 11.5 Å². The van der Waals surface area contributed by atoms with Gasteiger partial charge >= 0.3 is 0 Å². The first-order chi connectivity index (χ1) is 7.60. The quantitative estimate of drug-likeness (QED) is 0.274. The summed E-state index contributed by atoms with van der Waals surface area (Å²) in [5.74, 6) is 0. The molecule has 0 aromatic rings. The van der Waals surface area contributed by atoms with Crippen LogP contribution in [0, 0.1) is 0 Å². The van der Waals surface area contributed by atoms with Gasteiger partial charge in [-0.3, -0.25) is 0 Å². The largest absolute Gasteiger partial charge is 0.389 e. The van der Waals surface area contributed by atoms with Gasteiger partial charge in [-0.15, -0.1) is 0 Å². The lowest BCUT2D eigenvalue weighted by Crippen LogP contribution is -2.31. The predicted molar refractivity (Wildman–Crippen MR) is 57.8 cm³/mol. The lowest BCUT2D eigenvalue weighted by molar-refractivity contribution is -0.0501. The molecule has 0 spiro atoms. The Morgan fingerprint density at radius 1 is 0.688 bits per heavy atom. The number of hydrogen-bond donors (Lipinski definition) is 5. The van der Waals surface area contributed by atoms with Crippen molar-refractivity contribution in [1.29, 1.82) is 0 Å². The molecule has 0 aromatic carbocycles. The van der Waals surface area contributed by atoms with Gasteiger partial charge in [0, 0.05) is 13.1 Å². The number of aliphatic hydroxyl groups is 3. The maximum atomic E-state index is 9.34. The summed E-state index contributed by atoms with van der Waals surface area (Å²) in [6.07, 6.45) is -2.23. The first kappa shape index (κ1) is 15.7. The highest BCUT2D eigenvalue weighted by molar-refractivity contribution is 4.57. The third-order valence-electron chi connectivity index (χ3n) is 1.79. The van der Waals surface area contributed by atoms with E-state index in [1.54, 1.807) is 0 Å². The fourth-order valence-corrected chi connectivity index (χ4v) is 0.864. The third kappa shape index (κ3) is 8.98. The van der Waals surface area contributed by atoms with Crippen LogP contribution >= 0.6 is 0 Å². The molecule has 0 bridgehead atoms.